The van der Waals surface area contributed by atoms with E-state index in [0.29, 0.717) is 24.4 Å². The molecule has 0 bridgehead atoms. The molecule has 0 fully saturated rings. The minimum atomic E-state index is -0.918. The number of carbonyl (C=O) groups excluding carboxylic acids is 2. The number of amides is 1. The van der Waals surface area contributed by atoms with E-state index in [1.807, 2.05) is 0 Å². The maximum atomic E-state index is 13.5. The van der Waals surface area contributed by atoms with Crippen LogP contribution in [-0.2, 0) is 14.3 Å². The van der Waals surface area contributed by atoms with Gasteiger partial charge in [-0.05, 0) is 30.7 Å². The molecule has 0 atom stereocenters. The molecule has 0 saturated carbocycles. The van der Waals surface area contributed by atoms with Crippen molar-refractivity contribution in [3.63, 3.8) is 0 Å². The molecule has 0 aliphatic rings. The first-order chi connectivity index (χ1) is 13.8. The number of methoxy groups -OCH3 is 1. The van der Waals surface area contributed by atoms with Crippen LogP contribution in [0.25, 0.3) is 0 Å². The van der Waals surface area contributed by atoms with Gasteiger partial charge in [-0.15, -0.1) is 0 Å². The first-order valence-electron chi connectivity index (χ1n) is 8.56. The summed E-state index contributed by atoms with van der Waals surface area (Å²) in [6.45, 7) is 1.64. The van der Waals surface area contributed by atoms with E-state index in [1.54, 1.807) is 6.92 Å². The second kappa shape index (κ2) is 10.1. The van der Waals surface area contributed by atoms with Gasteiger partial charge in [-0.1, -0.05) is 6.07 Å². The van der Waals surface area contributed by atoms with Gasteiger partial charge in [-0.2, -0.15) is 0 Å². The van der Waals surface area contributed by atoms with Gasteiger partial charge in [0.15, 0.2) is 6.61 Å². The second-order valence-electron chi connectivity index (χ2n) is 5.99. The van der Waals surface area contributed by atoms with E-state index in [1.165, 1.54) is 31.4 Å². The molecule has 0 aliphatic heterocycles. The van der Waals surface area contributed by atoms with Gasteiger partial charge in [0.25, 0.3) is 11.6 Å². The summed E-state index contributed by atoms with van der Waals surface area (Å²) >= 11 is 0. The van der Waals surface area contributed by atoms with Crippen LogP contribution in [0.3, 0.4) is 0 Å². The highest BCUT2D eigenvalue weighted by atomic mass is 19.1. The molecular formula is C19H20FN3O6. The lowest BCUT2D eigenvalue weighted by Gasteiger charge is -2.12. The number of nitro groups is 1. The van der Waals surface area contributed by atoms with Crippen molar-refractivity contribution in [2.24, 2.45) is 0 Å². The molecule has 0 radical (unpaired) electrons. The Hall–Kier alpha value is -3.53. The summed E-state index contributed by atoms with van der Waals surface area (Å²) in [5.74, 6) is -2.08. The molecule has 2 rings (SSSR count). The highest BCUT2D eigenvalue weighted by molar-refractivity contribution is 5.99. The maximum absolute atomic E-state index is 13.5. The Morgan fingerprint density at radius 2 is 1.97 bits per heavy atom. The summed E-state index contributed by atoms with van der Waals surface area (Å²) in [7, 11) is 1.51. The lowest BCUT2D eigenvalue weighted by atomic mass is 10.1. The van der Waals surface area contributed by atoms with E-state index in [4.69, 9.17) is 9.47 Å². The van der Waals surface area contributed by atoms with Crippen molar-refractivity contribution >= 4 is 28.9 Å². The zero-order valence-electron chi connectivity index (χ0n) is 15.9. The number of halogens is 1. The average Bonchev–Trinajstić information content (AvgIpc) is 2.69. The first kappa shape index (κ1) is 21.8. The van der Waals surface area contributed by atoms with Crippen LogP contribution in [0.1, 0.15) is 15.9 Å². The Balaban J connectivity index is 2.05. The fraction of sp³-hybridized carbons (Fsp3) is 0.263. The molecule has 2 aromatic carbocycles. The quantitative estimate of drug-likeness (QED) is 0.285. The molecule has 0 aliphatic carbocycles. The summed E-state index contributed by atoms with van der Waals surface area (Å²) in [6.07, 6.45) is 0. The number of benzene rings is 2. The average molecular weight is 405 g/mol. The number of aryl methyl sites for hydroxylation is 1. The Morgan fingerprint density at radius 1 is 1.21 bits per heavy atom. The number of nitrogens with one attached hydrogen (secondary N) is 2. The maximum Gasteiger partial charge on any atom is 0.341 e. The normalized spacial score (nSPS) is 10.3. The van der Waals surface area contributed by atoms with Gasteiger partial charge in [0.05, 0.1) is 17.1 Å². The van der Waals surface area contributed by atoms with Gasteiger partial charge in [0.2, 0.25) is 0 Å². The van der Waals surface area contributed by atoms with Gasteiger partial charge in [0, 0.05) is 37.2 Å². The second-order valence-corrected chi connectivity index (χ2v) is 5.99. The van der Waals surface area contributed by atoms with Crippen molar-refractivity contribution in [2.75, 3.05) is 37.5 Å². The highest BCUT2D eigenvalue weighted by Gasteiger charge is 2.19. The van der Waals surface area contributed by atoms with Crippen molar-refractivity contribution in [3.8, 4) is 0 Å². The number of carbonyl (C=O) groups is 2. The summed E-state index contributed by atoms with van der Waals surface area (Å²) in [5, 5.41) is 16.3. The van der Waals surface area contributed by atoms with E-state index in [-0.39, 0.29) is 16.9 Å². The number of nitrogens with zero attached hydrogens (tertiary/aromatic N) is 1. The molecule has 9 nitrogen and oxygen atoms in total. The molecule has 0 heterocycles. The Labute approximate surface area is 166 Å². The summed E-state index contributed by atoms with van der Waals surface area (Å²) in [6, 6.07) is 7.83. The van der Waals surface area contributed by atoms with Crippen molar-refractivity contribution < 1.29 is 28.4 Å². The van der Waals surface area contributed by atoms with Gasteiger partial charge >= 0.3 is 5.97 Å². The van der Waals surface area contributed by atoms with Gasteiger partial charge < -0.3 is 20.1 Å². The minimum Gasteiger partial charge on any atom is -0.452 e. The third kappa shape index (κ3) is 6.25. The standard InChI is InChI=1S/C19H20FN3O6/c1-12-3-4-13(9-16(12)20)22-18(24)11-29-19(25)15-10-14(23(26)27)5-6-17(15)21-7-8-28-2/h3-6,9-10,21H,7-8,11H2,1-2H3,(H,22,24). The minimum absolute atomic E-state index is 0.0931. The number of ether oxygens (including phenoxy) is 2. The number of anilines is 2. The van der Waals surface area contributed by atoms with E-state index < -0.39 is 29.2 Å². The predicted molar refractivity (Wildman–Crippen MR) is 104 cm³/mol. The topological polar surface area (TPSA) is 120 Å². The summed E-state index contributed by atoms with van der Waals surface area (Å²) < 4.78 is 23.4. The monoisotopic (exact) mass is 405 g/mol. The molecule has 2 aromatic rings. The molecule has 29 heavy (non-hydrogen) atoms. The molecule has 0 unspecified atom stereocenters. The van der Waals surface area contributed by atoms with Crippen LogP contribution in [0.4, 0.5) is 21.5 Å². The SMILES string of the molecule is COCCNc1ccc([N+](=O)[O-])cc1C(=O)OCC(=O)Nc1ccc(C)c(F)c1. The number of nitro benzene ring substituents is 1. The van der Waals surface area contributed by atoms with E-state index >= 15 is 0 Å². The third-order valence-corrected chi connectivity index (χ3v) is 3.85. The summed E-state index contributed by atoms with van der Waals surface area (Å²) in [4.78, 5) is 34.7. The molecule has 0 saturated heterocycles. The van der Waals surface area contributed by atoms with Crippen molar-refractivity contribution in [1.29, 1.82) is 0 Å². The zero-order chi connectivity index (χ0) is 21.4. The zero-order valence-corrected chi connectivity index (χ0v) is 15.9. The van der Waals surface area contributed by atoms with Crippen molar-refractivity contribution in [3.05, 3.63) is 63.5 Å². The Kier molecular flexibility index (Phi) is 7.61. The Bertz CT molecular complexity index is 919. The smallest absolute Gasteiger partial charge is 0.341 e. The molecule has 0 spiro atoms. The summed E-state index contributed by atoms with van der Waals surface area (Å²) in [5.41, 5.74) is 0.553. The van der Waals surface area contributed by atoms with Crippen LogP contribution >= 0.6 is 0 Å². The Morgan fingerprint density at radius 3 is 2.62 bits per heavy atom. The van der Waals surface area contributed by atoms with Crippen LogP contribution < -0.4 is 10.6 Å². The molecule has 154 valence electrons. The molecule has 2 N–H and O–H groups in total. The predicted octanol–water partition coefficient (Wildman–Crippen LogP) is 2.90. The van der Waals surface area contributed by atoms with Crippen LogP contribution in [0.2, 0.25) is 0 Å². The highest BCUT2D eigenvalue weighted by Crippen LogP contribution is 2.23. The van der Waals surface area contributed by atoms with Crippen LogP contribution in [0.5, 0.6) is 0 Å². The first-order valence-corrected chi connectivity index (χ1v) is 8.56. The number of hydrogen-bond donors (Lipinski definition) is 2. The fourth-order valence-corrected chi connectivity index (χ4v) is 2.33. The number of rotatable bonds is 9. The fourth-order valence-electron chi connectivity index (χ4n) is 2.33. The third-order valence-electron chi connectivity index (χ3n) is 3.85. The van der Waals surface area contributed by atoms with Crippen LogP contribution in [0, 0.1) is 22.9 Å². The van der Waals surface area contributed by atoms with Crippen molar-refractivity contribution in [1.82, 2.24) is 0 Å². The molecular weight excluding hydrogens is 385 g/mol. The van der Waals surface area contributed by atoms with E-state index in [0.717, 1.165) is 12.1 Å². The van der Waals surface area contributed by atoms with Crippen LogP contribution in [-0.4, -0.2) is 43.7 Å². The van der Waals surface area contributed by atoms with Gasteiger partial charge in [0.1, 0.15) is 5.82 Å². The van der Waals surface area contributed by atoms with Gasteiger partial charge in [-0.25, -0.2) is 9.18 Å². The lowest BCUT2D eigenvalue weighted by Crippen LogP contribution is -2.22. The largest absolute Gasteiger partial charge is 0.452 e. The number of non-ortho nitro benzene ring substituents is 1. The van der Waals surface area contributed by atoms with E-state index in [9.17, 15) is 24.1 Å². The molecule has 10 heteroatoms. The number of hydrogen-bond acceptors (Lipinski definition) is 7. The molecule has 0 aromatic heterocycles. The van der Waals surface area contributed by atoms with E-state index in [2.05, 4.69) is 10.6 Å². The van der Waals surface area contributed by atoms with Crippen LogP contribution in [0.15, 0.2) is 36.4 Å². The van der Waals surface area contributed by atoms with Gasteiger partial charge in [-0.3, -0.25) is 14.9 Å². The molecule has 1 amide bonds. The number of esters is 1. The van der Waals surface area contributed by atoms with Crippen molar-refractivity contribution in [2.45, 2.75) is 6.92 Å². The lowest BCUT2D eigenvalue weighted by molar-refractivity contribution is -0.384.